The number of rotatable bonds is 4. The van der Waals surface area contributed by atoms with E-state index < -0.39 is 4.92 Å². The van der Waals surface area contributed by atoms with E-state index in [0.717, 1.165) is 0 Å². The molecule has 0 unspecified atom stereocenters. The molecule has 2 aromatic rings. The summed E-state index contributed by atoms with van der Waals surface area (Å²) in [4.78, 5) is 14.1. The number of benzene rings is 1. The average molecular weight is 274 g/mol. The van der Waals surface area contributed by atoms with Crippen LogP contribution in [0.25, 0.3) is 0 Å². The molecule has 0 aliphatic rings. The van der Waals surface area contributed by atoms with Gasteiger partial charge in [-0.3, -0.25) is 10.1 Å². The molecule has 8 heteroatoms. The molecule has 102 valence electrons. The van der Waals surface area contributed by atoms with Crippen molar-refractivity contribution in [1.82, 2.24) is 4.98 Å². The van der Waals surface area contributed by atoms with Crippen molar-refractivity contribution in [2.45, 2.75) is 0 Å². The van der Waals surface area contributed by atoms with Gasteiger partial charge in [0.2, 0.25) is 0 Å². The molecule has 0 spiro atoms. The maximum absolute atomic E-state index is 10.7. The second-order valence-electron chi connectivity index (χ2n) is 3.69. The first-order valence-electron chi connectivity index (χ1n) is 5.47. The summed E-state index contributed by atoms with van der Waals surface area (Å²) in [6.07, 6.45) is 1.45. The van der Waals surface area contributed by atoms with Gasteiger partial charge in [0.25, 0.3) is 5.69 Å². The lowest BCUT2D eigenvalue weighted by molar-refractivity contribution is -0.384. The van der Waals surface area contributed by atoms with Gasteiger partial charge in [0.1, 0.15) is 5.75 Å². The van der Waals surface area contributed by atoms with Crippen LogP contribution in [0.15, 0.2) is 47.8 Å². The van der Waals surface area contributed by atoms with Crippen molar-refractivity contribution in [3.05, 3.63) is 58.4 Å². The molecular weight excluding hydrogens is 264 g/mol. The number of oxime groups is 1. The van der Waals surface area contributed by atoms with E-state index in [2.05, 4.69) is 10.1 Å². The molecule has 0 saturated carbocycles. The van der Waals surface area contributed by atoms with E-state index in [1.54, 1.807) is 18.2 Å². The summed E-state index contributed by atoms with van der Waals surface area (Å²) in [6.45, 7) is 0. The smallest absolute Gasteiger partial charge is 0.273 e. The number of aromatic nitrogens is 1. The van der Waals surface area contributed by atoms with Gasteiger partial charge in [-0.2, -0.15) is 0 Å². The Labute approximate surface area is 113 Å². The zero-order valence-electron chi connectivity index (χ0n) is 10.1. The lowest BCUT2D eigenvalue weighted by Gasteiger charge is -2.08. The Hall–Kier alpha value is -3.16. The molecule has 0 amide bonds. The first-order valence-corrected chi connectivity index (χ1v) is 5.47. The molecule has 0 bridgehead atoms. The monoisotopic (exact) mass is 274 g/mol. The largest absolute Gasteiger partial charge is 0.455 e. The molecule has 1 aromatic heterocycles. The molecule has 2 rings (SSSR count). The van der Waals surface area contributed by atoms with E-state index >= 15 is 0 Å². The molecule has 3 N–H and O–H groups in total. The minimum atomic E-state index is -0.527. The fraction of sp³-hybridized carbons (Fsp3) is 0. The van der Waals surface area contributed by atoms with Gasteiger partial charge in [-0.25, -0.2) is 4.98 Å². The number of nitrogens with zero attached hydrogens (tertiary/aromatic N) is 3. The lowest BCUT2D eigenvalue weighted by atomic mass is 10.3. The Morgan fingerprint density at radius 1 is 1.40 bits per heavy atom. The minimum absolute atomic E-state index is 0.100. The maximum atomic E-state index is 10.7. The van der Waals surface area contributed by atoms with Crippen LogP contribution in [-0.4, -0.2) is 21.0 Å². The molecule has 20 heavy (non-hydrogen) atoms. The van der Waals surface area contributed by atoms with Gasteiger partial charge >= 0.3 is 0 Å². The summed E-state index contributed by atoms with van der Waals surface area (Å²) in [5, 5.41) is 22.2. The van der Waals surface area contributed by atoms with Crippen LogP contribution >= 0.6 is 0 Å². The fourth-order valence-corrected chi connectivity index (χ4v) is 1.50. The number of amidine groups is 1. The van der Waals surface area contributed by atoms with E-state index in [1.165, 1.54) is 24.4 Å². The average Bonchev–Trinajstić information content (AvgIpc) is 2.47. The molecule has 0 atom stereocenters. The first-order chi connectivity index (χ1) is 9.61. The highest BCUT2D eigenvalue weighted by atomic mass is 16.6. The summed E-state index contributed by atoms with van der Waals surface area (Å²) in [5.41, 5.74) is 5.52. The van der Waals surface area contributed by atoms with E-state index in [0.29, 0.717) is 0 Å². The number of ether oxygens (including phenoxy) is 1. The maximum Gasteiger partial charge on any atom is 0.273 e. The van der Waals surface area contributed by atoms with Crippen LogP contribution < -0.4 is 10.5 Å². The van der Waals surface area contributed by atoms with Crippen LogP contribution in [0, 0.1) is 10.1 Å². The third-order valence-corrected chi connectivity index (χ3v) is 2.38. The molecule has 0 radical (unpaired) electrons. The summed E-state index contributed by atoms with van der Waals surface area (Å²) in [6, 6.07) is 8.81. The van der Waals surface area contributed by atoms with Crippen LogP contribution in [0.5, 0.6) is 11.5 Å². The first kappa shape index (κ1) is 13.3. The highest BCUT2D eigenvalue weighted by Crippen LogP contribution is 2.26. The molecule has 0 saturated heterocycles. The number of hydrogen-bond acceptors (Lipinski definition) is 6. The molecule has 1 heterocycles. The topological polar surface area (TPSA) is 124 Å². The normalized spacial score (nSPS) is 11.1. The summed E-state index contributed by atoms with van der Waals surface area (Å²) >= 11 is 0. The quantitative estimate of drug-likeness (QED) is 0.288. The Kier molecular flexibility index (Phi) is 3.75. The number of nitro groups is 1. The van der Waals surface area contributed by atoms with E-state index in [4.69, 9.17) is 15.7 Å². The van der Waals surface area contributed by atoms with Crippen LogP contribution in [0.3, 0.4) is 0 Å². The van der Waals surface area contributed by atoms with Crippen LogP contribution in [0.4, 0.5) is 5.69 Å². The van der Waals surface area contributed by atoms with Gasteiger partial charge in [-0.15, -0.1) is 0 Å². The number of non-ortho nitro benzene ring substituents is 1. The van der Waals surface area contributed by atoms with Crippen molar-refractivity contribution in [2.75, 3.05) is 0 Å². The molecule has 0 aliphatic heterocycles. The van der Waals surface area contributed by atoms with Crippen molar-refractivity contribution >= 4 is 11.5 Å². The summed E-state index contributed by atoms with van der Waals surface area (Å²) in [5.74, 6) is 0.258. The Morgan fingerprint density at radius 2 is 2.20 bits per heavy atom. The molecule has 8 nitrogen and oxygen atoms in total. The molecule has 0 fully saturated rings. The number of nitro benzene ring substituents is 1. The predicted molar refractivity (Wildman–Crippen MR) is 69.9 cm³/mol. The number of nitrogens with two attached hydrogens (primary N) is 1. The highest BCUT2D eigenvalue weighted by molar-refractivity contribution is 5.97. The van der Waals surface area contributed by atoms with E-state index in [-0.39, 0.29) is 28.7 Å². The summed E-state index contributed by atoms with van der Waals surface area (Å²) < 4.78 is 5.48. The summed E-state index contributed by atoms with van der Waals surface area (Å²) in [7, 11) is 0. The predicted octanol–water partition coefficient (Wildman–Crippen LogP) is 1.88. The van der Waals surface area contributed by atoms with Gasteiger partial charge in [0, 0.05) is 12.3 Å². The fourth-order valence-electron chi connectivity index (χ4n) is 1.50. The Morgan fingerprint density at radius 3 is 2.90 bits per heavy atom. The highest BCUT2D eigenvalue weighted by Gasteiger charge is 2.12. The van der Waals surface area contributed by atoms with E-state index in [1.807, 2.05) is 0 Å². The standard InChI is InChI=1S/C12H10N4O4/c13-12(15-17)11-10(5-2-6-14-11)20-9-4-1-3-8(7-9)16(18)19/h1-7,17H,(H2,13,15). The Bertz CT molecular complexity index is 672. The van der Waals surface area contributed by atoms with E-state index in [9.17, 15) is 10.1 Å². The van der Waals surface area contributed by atoms with Crippen LogP contribution in [0.2, 0.25) is 0 Å². The Balaban J connectivity index is 2.35. The SMILES string of the molecule is N/C(=N/O)c1ncccc1Oc1cccc([N+](=O)[O-])c1. The van der Waals surface area contributed by atoms with Crippen molar-refractivity contribution in [3.8, 4) is 11.5 Å². The molecule has 1 aromatic carbocycles. The number of pyridine rings is 1. The van der Waals surface area contributed by atoms with Gasteiger partial charge in [-0.05, 0) is 18.2 Å². The molecular formula is C12H10N4O4. The number of hydrogen-bond donors (Lipinski definition) is 2. The van der Waals surface area contributed by atoms with Crippen molar-refractivity contribution in [2.24, 2.45) is 10.9 Å². The second kappa shape index (κ2) is 5.65. The zero-order valence-corrected chi connectivity index (χ0v) is 10.1. The van der Waals surface area contributed by atoms with Crippen LogP contribution in [0.1, 0.15) is 5.69 Å². The zero-order chi connectivity index (χ0) is 14.5. The van der Waals surface area contributed by atoms with Gasteiger partial charge in [0.15, 0.2) is 17.3 Å². The second-order valence-corrected chi connectivity index (χ2v) is 3.69. The van der Waals surface area contributed by atoms with Crippen molar-refractivity contribution in [1.29, 1.82) is 0 Å². The minimum Gasteiger partial charge on any atom is -0.455 e. The van der Waals surface area contributed by atoms with Gasteiger partial charge < -0.3 is 15.7 Å². The van der Waals surface area contributed by atoms with Crippen LogP contribution in [-0.2, 0) is 0 Å². The van der Waals surface area contributed by atoms with Gasteiger partial charge in [-0.1, -0.05) is 11.2 Å². The third-order valence-electron chi connectivity index (χ3n) is 2.38. The van der Waals surface area contributed by atoms with Gasteiger partial charge in [0.05, 0.1) is 11.0 Å². The van der Waals surface area contributed by atoms with Crippen molar-refractivity contribution in [3.63, 3.8) is 0 Å². The van der Waals surface area contributed by atoms with Crippen molar-refractivity contribution < 1.29 is 14.9 Å². The third kappa shape index (κ3) is 2.80. The molecule has 0 aliphatic carbocycles. The lowest BCUT2D eigenvalue weighted by Crippen LogP contribution is -2.15.